The van der Waals surface area contributed by atoms with Gasteiger partial charge in [0.2, 0.25) is 0 Å². The Kier molecular flexibility index (Phi) is 4.15. The third kappa shape index (κ3) is 2.99. The van der Waals surface area contributed by atoms with Gasteiger partial charge in [0.15, 0.2) is 0 Å². The molecule has 0 fully saturated rings. The molecule has 0 amide bonds. The number of rotatable bonds is 4. The zero-order valence-electron chi connectivity index (χ0n) is 10.6. The fraction of sp³-hybridized carbons (Fsp3) is 0.200. The summed E-state index contributed by atoms with van der Waals surface area (Å²) in [5, 5.41) is 13.2. The lowest BCUT2D eigenvalue weighted by molar-refractivity contribution is 0.465. The monoisotopic (exact) mass is 259 g/mol. The summed E-state index contributed by atoms with van der Waals surface area (Å²) in [6, 6.07) is 15.8. The van der Waals surface area contributed by atoms with E-state index in [1.54, 1.807) is 17.8 Å². The van der Waals surface area contributed by atoms with Crippen LogP contribution in [0.2, 0.25) is 0 Å². The average Bonchev–Trinajstić information content (AvgIpc) is 2.40. The van der Waals surface area contributed by atoms with Crippen molar-refractivity contribution in [1.82, 2.24) is 0 Å². The van der Waals surface area contributed by atoms with Gasteiger partial charge in [0.05, 0.1) is 6.04 Å². The molecular weight excluding hydrogens is 242 g/mol. The first kappa shape index (κ1) is 12.8. The third-order valence-electron chi connectivity index (χ3n) is 2.88. The number of hydrogen-bond donors (Lipinski definition) is 2. The quantitative estimate of drug-likeness (QED) is 0.803. The zero-order valence-corrected chi connectivity index (χ0v) is 11.4. The summed E-state index contributed by atoms with van der Waals surface area (Å²) in [6.07, 6.45) is 2.06. The highest BCUT2D eigenvalue weighted by Crippen LogP contribution is 2.27. The molecule has 0 heterocycles. The van der Waals surface area contributed by atoms with Crippen LogP contribution in [0, 0.1) is 0 Å². The van der Waals surface area contributed by atoms with Crippen molar-refractivity contribution < 1.29 is 5.11 Å². The third-order valence-corrected chi connectivity index (χ3v) is 3.62. The highest BCUT2D eigenvalue weighted by Gasteiger charge is 2.09. The van der Waals surface area contributed by atoms with Crippen molar-refractivity contribution in [3.8, 4) is 5.75 Å². The highest BCUT2D eigenvalue weighted by molar-refractivity contribution is 7.98. The number of phenols is 1. The SMILES string of the molecule is CSc1ccc(NC(C)c2ccccc2O)cc1. The molecule has 2 N–H and O–H groups in total. The maximum absolute atomic E-state index is 9.80. The minimum absolute atomic E-state index is 0.0753. The van der Waals surface area contributed by atoms with Gasteiger partial charge in [-0.1, -0.05) is 18.2 Å². The van der Waals surface area contributed by atoms with Gasteiger partial charge in [0, 0.05) is 16.1 Å². The number of aromatic hydroxyl groups is 1. The summed E-state index contributed by atoms with van der Waals surface area (Å²) in [7, 11) is 0. The molecule has 3 heteroatoms. The number of para-hydroxylation sites is 1. The minimum Gasteiger partial charge on any atom is -0.508 e. The van der Waals surface area contributed by atoms with Gasteiger partial charge in [-0.2, -0.15) is 0 Å². The van der Waals surface area contributed by atoms with Gasteiger partial charge < -0.3 is 10.4 Å². The molecule has 0 aliphatic carbocycles. The molecule has 18 heavy (non-hydrogen) atoms. The maximum atomic E-state index is 9.80. The van der Waals surface area contributed by atoms with E-state index in [9.17, 15) is 5.11 Å². The second-order valence-electron chi connectivity index (χ2n) is 4.15. The van der Waals surface area contributed by atoms with Gasteiger partial charge >= 0.3 is 0 Å². The molecule has 0 spiro atoms. The van der Waals surface area contributed by atoms with Crippen molar-refractivity contribution in [1.29, 1.82) is 0 Å². The van der Waals surface area contributed by atoms with E-state index in [1.165, 1.54) is 4.90 Å². The predicted octanol–water partition coefficient (Wildman–Crippen LogP) is 4.29. The largest absolute Gasteiger partial charge is 0.508 e. The van der Waals surface area contributed by atoms with Crippen molar-refractivity contribution in [2.75, 3.05) is 11.6 Å². The van der Waals surface area contributed by atoms with Gasteiger partial charge in [0.1, 0.15) is 5.75 Å². The van der Waals surface area contributed by atoms with E-state index in [4.69, 9.17) is 0 Å². The normalized spacial score (nSPS) is 12.1. The molecule has 0 aromatic heterocycles. The number of benzene rings is 2. The lowest BCUT2D eigenvalue weighted by Crippen LogP contribution is -2.06. The molecule has 0 aliphatic heterocycles. The Balaban J connectivity index is 2.11. The molecule has 1 atom stereocenters. The standard InChI is InChI=1S/C15H17NOS/c1-11(14-5-3-4-6-15(14)17)16-12-7-9-13(18-2)10-8-12/h3-11,16-17H,1-2H3. The Morgan fingerprint density at radius 2 is 1.72 bits per heavy atom. The van der Waals surface area contributed by atoms with Gasteiger partial charge in [-0.25, -0.2) is 0 Å². The maximum Gasteiger partial charge on any atom is 0.120 e. The van der Waals surface area contributed by atoms with E-state index >= 15 is 0 Å². The van der Waals surface area contributed by atoms with Crippen LogP contribution < -0.4 is 5.32 Å². The van der Waals surface area contributed by atoms with E-state index in [0.29, 0.717) is 5.75 Å². The molecule has 2 nitrogen and oxygen atoms in total. The summed E-state index contributed by atoms with van der Waals surface area (Å²) in [5.74, 6) is 0.332. The van der Waals surface area contributed by atoms with E-state index in [-0.39, 0.29) is 6.04 Å². The smallest absolute Gasteiger partial charge is 0.120 e. The molecule has 1 unspecified atom stereocenters. The first-order chi connectivity index (χ1) is 8.70. The summed E-state index contributed by atoms with van der Waals surface area (Å²) < 4.78 is 0. The van der Waals surface area contributed by atoms with Crippen molar-refractivity contribution in [3.63, 3.8) is 0 Å². The van der Waals surface area contributed by atoms with Crippen LogP contribution in [0.25, 0.3) is 0 Å². The second kappa shape index (κ2) is 5.83. The molecule has 2 aromatic carbocycles. The number of nitrogens with one attached hydrogen (secondary N) is 1. The lowest BCUT2D eigenvalue weighted by atomic mass is 10.1. The number of hydrogen-bond acceptors (Lipinski definition) is 3. The molecule has 0 saturated heterocycles. The van der Waals surface area contributed by atoms with Gasteiger partial charge in [0.25, 0.3) is 0 Å². The summed E-state index contributed by atoms with van der Waals surface area (Å²) in [5.41, 5.74) is 1.97. The Labute approximate surface area is 112 Å². The summed E-state index contributed by atoms with van der Waals surface area (Å²) in [4.78, 5) is 1.25. The van der Waals surface area contributed by atoms with E-state index in [2.05, 4.69) is 35.8 Å². The van der Waals surface area contributed by atoms with Crippen LogP contribution in [0.5, 0.6) is 5.75 Å². The van der Waals surface area contributed by atoms with Crippen LogP contribution in [0.15, 0.2) is 53.4 Å². The van der Waals surface area contributed by atoms with Crippen molar-refractivity contribution in [2.45, 2.75) is 17.9 Å². The number of phenolic OH excluding ortho intramolecular Hbond substituents is 1. The Hall–Kier alpha value is -1.61. The minimum atomic E-state index is 0.0753. The van der Waals surface area contributed by atoms with Crippen LogP contribution in [0.1, 0.15) is 18.5 Å². The average molecular weight is 259 g/mol. The summed E-state index contributed by atoms with van der Waals surface area (Å²) in [6.45, 7) is 2.04. The van der Waals surface area contributed by atoms with Crippen molar-refractivity contribution in [2.24, 2.45) is 0 Å². The van der Waals surface area contributed by atoms with Gasteiger partial charge in [-0.3, -0.25) is 0 Å². The van der Waals surface area contributed by atoms with Crippen LogP contribution >= 0.6 is 11.8 Å². The predicted molar refractivity (Wildman–Crippen MR) is 78.4 cm³/mol. The molecular formula is C15H17NOS. The second-order valence-corrected chi connectivity index (χ2v) is 5.03. The zero-order chi connectivity index (χ0) is 13.0. The highest BCUT2D eigenvalue weighted by atomic mass is 32.2. The molecule has 2 rings (SSSR count). The molecule has 94 valence electrons. The number of anilines is 1. The van der Waals surface area contributed by atoms with Crippen LogP contribution in [-0.4, -0.2) is 11.4 Å². The lowest BCUT2D eigenvalue weighted by Gasteiger charge is -2.17. The Morgan fingerprint density at radius 3 is 2.33 bits per heavy atom. The molecule has 0 radical (unpaired) electrons. The topological polar surface area (TPSA) is 32.3 Å². The van der Waals surface area contributed by atoms with E-state index < -0.39 is 0 Å². The molecule has 0 aliphatic rings. The fourth-order valence-corrected chi connectivity index (χ4v) is 2.28. The van der Waals surface area contributed by atoms with Crippen LogP contribution in [0.3, 0.4) is 0 Å². The van der Waals surface area contributed by atoms with E-state index in [0.717, 1.165) is 11.3 Å². The van der Waals surface area contributed by atoms with Crippen LogP contribution in [-0.2, 0) is 0 Å². The summed E-state index contributed by atoms with van der Waals surface area (Å²) >= 11 is 1.73. The number of thioether (sulfide) groups is 1. The molecule has 0 saturated carbocycles. The van der Waals surface area contributed by atoms with E-state index in [1.807, 2.05) is 25.1 Å². The first-order valence-electron chi connectivity index (χ1n) is 5.89. The molecule has 0 bridgehead atoms. The molecule has 2 aromatic rings. The van der Waals surface area contributed by atoms with Crippen molar-refractivity contribution in [3.05, 3.63) is 54.1 Å². The Bertz CT molecular complexity index is 510. The van der Waals surface area contributed by atoms with Gasteiger partial charge in [-0.15, -0.1) is 11.8 Å². The van der Waals surface area contributed by atoms with Gasteiger partial charge in [-0.05, 0) is 43.5 Å². The Morgan fingerprint density at radius 1 is 1.06 bits per heavy atom. The first-order valence-corrected chi connectivity index (χ1v) is 7.11. The van der Waals surface area contributed by atoms with Crippen molar-refractivity contribution >= 4 is 17.4 Å². The fourth-order valence-electron chi connectivity index (χ4n) is 1.87. The van der Waals surface area contributed by atoms with Crippen LogP contribution in [0.4, 0.5) is 5.69 Å².